The molecule has 3 fully saturated rings. The van der Waals surface area contributed by atoms with Crippen LogP contribution in [0.5, 0.6) is 0 Å². The van der Waals surface area contributed by atoms with Crippen LogP contribution >= 0.6 is 11.6 Å². The van der Waals surface area contributed by atoms with E-state index in [0.717, 1.165) is 68.4 Å². The van der Waals surface area contributed by atoms with Crippen LogP contribution in [-0.4, -0.2) is 62.1 Å². The van der Waals surface area contributed by atoms with E-state index in [1.807, 2.05) is 36.4 Å². The maximum absolute atomic E-state index is 15.4. The summed E-state index contributed by atoms with van der Waals surface area (Å²) in [6.45, 7) is 4.15. The number of benzene rings is 2. The van der Waals surface area contributed by atoms with Gasteiger partial charge in [-0.3, -0.25) is 0 Å². The van der Waals surface area contributed by atoms with Crippen LogP contribution in [0.1, 0.15) is 74.3 Å². The van der Waals surface area contributed by atoms with Gasteiger partial charge in [0.2, 0.25) is 11.9 Å². The highest BCUT2D eigenvalue weighted by molar-refractivity contribution is 6.33. The Labute approximate surface area is 261 Å². The molecule has 2 aromatic heterocycles. The lowest BCUT2D eigenvalue weighted by Crippen LogP contribution is -2.44. The summed E-state index contributed by atoms with van der Waals surface area (Å²) in [5.74, 6) is 1.59. The minimum atomic E-state index is -0.256. The van der Waals surface area contributed by atoms with Gasteiger partial charge in [0, 0.05) is 35.9 Å². The van der Waals surface area contributed by atoms with Crippen LogP contribution in [0, 0.1) is 5.82 Å². The molecule has 44 heavy (non-hydrogen) atoms. The Morgan fingerprint density at radius 2 is 1.59 bits per heavy atom. The molecule has 4 heterocycles. The number of nitrogens with one attached hydrogen (secondary N) is 1. The molecule has 9 nitrogen and oxygen atoms in total. The van der Waals surface area contributed by atoms with Crippen LogP contribution in [0.4, 0.5) is 27.7 Å². The highest BCUT2D eigenvalue weighted by atomic mass is 35.5. The van der Waals surface area contributed by atoms with Gasteiger partial charge in [0.1, 0.15) is 5.82 Å². The van der Waals surface area contributed by atoms with Gasteiger partial charge in [-0.25, -0.2) is 4.39 Å². The molecule has 2 aliphatic heterocycles. The molecule has 1 saturated carbocycles. The van der Waals surface area contributed by atoms with E-state index in [1.54, 1.807) is 4.68 Å². The van der Waals surface area contributed by atoms with Crippen molar-refractivity contribution >= 4 is 34.9 Å². The van der Waals surface area contributed by atoms with Crippen molar-refractivity contribution in [2.45, 2.75) is 69.2 Å². The number of nitrogens with zero attached hydrogens (tertiary/aromatic N) is 7. The maximum atomic E-state index is 15.4. The molecule has 228 valence electrons. The average molecular weight is 614 g/mol. The zero-order valence-electron chi connectivity index (χ0n) is 24.7. The molecule has 2 bridgehead atoms. The Morgan fingerprint density at radius 1 is 0.864 bits per heavy atom. The molecule has 9 rings (SSSR count). The van der Waals surface area contributed by atoms with Crippen molar-refractivity contribution in [3.05, 3.63) is 64.4 Å². The van der Waals surface area contributed by atoms with Crippen LogP contribution in [0.3, 0.4) is 0 Å². The lowest BCUT2D eigenvalue weighted by Gasteiger charge is -2.39. The van der Waals surface area contributed by atoms with E-state index < -0.39 is 0 Å². The number of aromatic nitrogens is 5. The van der Waals surface area contributed by atoms with E-state index in [1.165, 1.54) is 37.6 Å². The number of fused-ring (bicyclic) bond motifs is 2. The summed E-state index contributed by atoms with van der Waals surface area (Å²) < 4.78 is 16.9. The van der Waals surface area contributed by atoms with Gasteiger partial charge in [-0.05, 0) is 106 Å². The van der Waals surface area contributed by atoms with Crippen molar-refractivity contribution in [2.75, 3.05) is 42.1 Å². The zero-order chi connectivity index (χ0) is 29.8. The van der Waals surface area contributed by atoms with E-state index in [-0.39, 0.29) is 17.7 Å². The molecule has 0 unspecified atom stereocenters. The minimum Gasteiger partial charge on any atom is -0.369 e. The molecule has 2 aromatic carbocycles. The smallest absolute Gasteiger partial charge is 0.248 e. The van der Waals surface area contributed by atoms with Crippen LogP contribution in [0.15, 0.2) is 42.5 Å². The second-order valence-electron chi connectivity index (χ2n) is 12.7. The average Bonchev–Trinajstić information content (AvgIpc) is 3.72. The quantitative estimate of drug-likeness (QED) is 0.249. The second-order valence-corrected chi connectivity index (χ2v) is 13.1. The SMILES string of the molecule is Nc1nc(Nc2ccc(N3CCC(N4CCCC4)CC3)c(F)c2)nn1-c1nnc(-c2ccccc2Cl)c2c1C1CCC2CC1. The minimum absolute atomic E-state index is 0.203. The van der Waals surface area contributed by atoms with Crippen LogP contribution < -0.4 is 16.0 Å². The summed E-state index contributed by atoms with van der Waals surface area (Å²) in [6.07, 6.45) is 9.19. The summed E-state index contributed by atoms with van der Waals surface area (Å²) in [5, 5.41) is 17.8. The Morgan fingerprint density at radius 3 is 2.32 bits per heavy atom. The van der Waals surface area contributed by atoms with Gasteiger partial charge >= 0.3 is 0 Å². The topological polar surface area (TPSA) is 101 Å². The van der Waals surface area contributed by atoms with Gasteiger partial charge in [0.25, 0.3) is 0 Å². The molecule has 4 aromatic rings. The van der Waals surface area contributed by atoms with E-state index in [2.05, 4.69) is 35.4 Å². The lowest BCUT2D eigenvalue weighted by molar-refractivity contribution is 0.207. The first-order valence-corrected chi connectivity index (χ1v) is 16.3. The third kappa shape index (κ3) is 4.88. The van der Waals surface area contributed by atoms with Crippen molar-refractivity contribution in [1.29, 1.82) is 0 Å². The molecular weight excluding hydrogens is 577 g/mol. The molecule has 3 aliphatic carbocycles. The fraction of sp³-hybridized carbons (Fsp3) is 0.455. The van der Waals surface area contributed by atoms with E-state index in [0.29, 0.717) is 40.1 Å². The van der Waals surface area contributed by atoms with Crippen molar-refractivity contribution in [3.8, 4) is 17.1 Å². The van der Waals surface area contributed by atoms with Gasteiger partial charge in [-0.15, -0.1) is 15.3 Å². The Balaban J connectivity index is 1.04. The van der Waals surface area contributed by atoms with Crippen LogP contribution in [0.25, 0.3) is 17.1 Å². The van der Waals surface area contributed by atoms with E-state index in [9.17, 15) is 0 Å². The predicted octanol–water partition coefficient (Wildman–Crippen LogP) is 6.66. The Bertz CT molecular complexity index is 1680. The second kappa shape index (κ2) is 11.3. The largest absolute Gasteiger partial charge is 0.369 e. The third-order valence-electron chi connectivity index (χ3n) is 10.2. The van der Waals surface area contributed by atoms with Gasteiger partial charge in [0.15, 0.2) is 5.82 Å². The molecule has 5 aliphatic rings. The normalized spacial score (nSPS) is 22.0. The van der Waals surface area contributed by atoms with E-state index >= 15 is 4.39 Å². The van der Waals surface area contributed by atoms with Crippen LogP contribution in [-0.2, 0) is 0 Å². The van der Waals surface area contributed by atoms with Crippen molar-refractivity contribution in [2.24, 2.45) is 0 Å². The molecule has 0 amide bonds. The summed E-state index contributed by atoms with van der Waals surface area (Å²) in [6, 6.07) is 13.7. The van der Waals surface area contributed by atoms with Gasteiger partial charge in [-0.2, -0.15) is 9.67 Å². The first-order valence-electron chi connectivity index (χ1n) is 16.0. The Hall–Kier alpha value is -3.76. The number of hydrogen-bond donors (Lipinski definition) is 2. The standard InChI is InChI=1S/C33H37ClFN9/c34-25-6-2-1-5-24(25)30-28-20-7-9-21(10-8-20)29(28)31(40-39-30)44-32(36)38-33(41-44)37-22-11-12-27(26(35)19-22)43-17-13-23(14-18-43)42-15-3-4-16-42/h1-2,5-6,11-12,19-21,23H,3-4,7-10,13-18H2,(H3,36,37,38,41). The molecule has 0 spiro atoms. The number of rotatable bonds is 6. The van der Waals surface area contributed by atoms with Gasteiger partial charge < -0.3 is 20.9 Å². The van der Waals surface area contributed by atoms with Crippen LogP contribution in [0.2, 0.25) is 5.02 Å². The summed E-state index contributed by atoms with van der Waals surface area (Å²) in [7, 11) is 0. The Kier molecular flexibility index (Phi) is 7.13. The molecular formula is C33H37ClFN9. The van der Waals surface area contributed by atoms with Crippen molar-refractivity contribution < 1.29 is 4.39 Å². The number of piperidine rings is 1. The number of nitrogen functional groups attached to an aromatic ring is 1. The zero-order valence-corrected chi connectivity index (χ0v) is 25.5. The van der Waals surface area contributed by atoms with Gasteiger partial charge in [-0.1, -0.05) is 29.8 Å². The first-order chi connectivity index (χ1) is 21.5. The fourth-order valence-corrected chi connectivity index (χ4v) is 8.26. The fourth-order valence-electron chi connectivity index (χ4n) is 8.03. The first kappa shape index (κ1) is 27.8. The highest BCUT2D eigenvalue weighted by Gasteiger charge is 2.39. The van der Waals surface area contributed by atoms with E-state index in [4.69, 9.17) is 17.3 Å². The molecule has 0 atom stereocenters. The summed E-state index contributed by atoms with van der Waals surface area (Å²) >= 11 is 6.61. The monoisotopic (exact) mass is 613 g/mol. The number of likely N-dealkylation sites (tertiary alicyclic amines) is 1. The molecule has 2 saturated heterocycles. The number of hydrogen-bond acceptors (Lipinski definition) is 8. The maximum Gasteiger partial charge on any atom is 0.248 e. The molecule has 0 radical (unpaired) electrons. The van der Waals surface area contributed by atoms with Crippen molar-refractivity contribution in [1.82, 2.24) is 29.9 Å². The summed E-state index contributed by atoms with van der Waals surface area (Å²) in [4.78, 5) is 9.24. The third-order valence-corrected chi connectivity index (χ3v) is 10.5. The predicted molar refractivity (Wildman–Crippen MR) is 171 cm³/mol. The number of nitrogens with two attached hydrogens (primary N) is 1. The molecule has 11 heteroatoms. The summed E-state index contributed by atoms with van der Waals surface area (Å²) in [5.41, 5.74) is 11.7. The van der Waals surface area contributed by atoms with Crippen molar-refractivity contribution in [3.63, 3.8) is 0 Å². The highest BCUT2D eigenvalue weighted by Crippen LogP contribution is 2.53. The number of halogens is 2. The lowest BCUT2D eigenvalue weighted by atomic mass is 9.66. The van der Waals surface area contributed by atoms with Gasteiger partial charge in [0.05, 0.1) is 16.4 Å². The number of anilines is 4. The molecule has 3 N–H and O–H groups in total.